The molecule has 0 heterocycles. The van der Waals surface area contributed by atoms with Gasteiger partial charge in [-0.2, -0.15) is 0 Å². The van der Waals surface area contributed by atoms with Crippen LogP contribution in [-0.2, 0) is 18.4 Å². The summed E-state index contributed by atoms with van der Waals surface area (Å²) in [5.41, 5.74) is 2.12. The normalized spacial score (nSPS) is 14.2. The molecule has 0 spiro atoms. The number of hydrogen-bond donors (Lipinski definition) is 1. The lowest BCUT2D eigenvalue weighted by Gasteiger charge is -2.25. The lowest BCUT2D eigenvalue weighted by atomic mass is 9.87. The van der Waals surface area contributed by atoms with Gasteiger partial charge in [-0.25, -0.2) is 4.39 Å². The summed E-state index contributed by atoms with van der Waals surface area (Å²) >= 11 is 0. The van der Waals surface area contributed by atoms with E-state index in [0.717, 1.165) is 17.5 Å². The van der Waals surface area contributed by atoms with E-state index < -0.39 is 5.60 Å². The highest BCUT2D eigenvalue weighted by atomic mass is 19.1. The second-order valence-corrected chi connectivity index (χ2v) is 6.38. The first-order valence-corrected chi connectivity index (χ1v) is 7.43. The Morgan fingerprint density at radius 3 is 2.33 bits per heavy atom. The molecule has 0 saturated heterocycles. The Morgan fingerprint density at radius 1 is 1.05 bits per heavy atom. The van der Waals surface area contributed by atoms with Crippen LogP contribution in [0.4, 0.5) is 4.39 Å². The highest BCUT2D eigenvalue weighted by Gasteiger charge is 2.23. The van der Waals surface area contributed by atoms with E-state index in [1.165, 1.54) is 17.7 Å². The molecule has 0 amide bonds. The second kappa shape index (κ2) is 6.40. The maximum atomic E-state index is 13.0. The number of rotatable bonds is 5. The molecule has 112 valence electrons. The van der Waals surface area contributed by atoms with Crippen LogP contribution in [0.1, 0.15) is 37.5 Å². The van der Waals surface area contributed by atoms with Gasteiger partial charge in [0.2, 0.25) is 0 Å². The molecule has 1 atom stereocenters. The Bertz CT molecular complexity index is 585. The number of halogens is 1. The molecule has 1 nitrogen and oxygen atoms in total. The van der Waals surface area contributed by atoms with Crippen molar-refractivity contribution in [2.75, 3.05) is 0 Å². The minimum Gasteiger partial charge on any atom is -0.385 e. The fraction of sp³-hybridized carbons (Fsp3) is 0.368. The fourth-order valence-corrected chi connectivity index (χ4v) is 2.61. The molecule has 0 radical (unpaired) electrons. The van der Waals surface area contributed by atoms with Crippen LogP contribution in [0, 0.1) is 11.7 Å². The first-order chi connectivity index (χ1) is 9.87. The van der Waals surface area contributed by atoms with Gasteiger partial charge in [0.05, 0.1) is 5.60 Å². The predicted octanol–water partition coefficient (Wildman–Crippen LogP) is 4.47. The molecule has 0 fully saturated rings. The topological polar surface area (TPSA) is 20.2 Å². The number of hydrogen-bond acceptors (Lipinski definition) is 1. The quantitative estimate of drug-likeness (QED) is 0.859. The maximum Gasteiger partial charge on any atom is 0.123 e. The standard InChI is InChI=1S/C19H23FO/c1-14(2)11-16-5-4-6-17(12-16)19(3,21)13-15-7-9-18(20)10-8-15/h4-10,12,14,21H,11,13H2,1-3H3. The van der Waals surface area contributed by atoms with Crippen molar-refractivity contribution in [1.82, 2.24) is 0 Å². The Labute approximate surface area is 126 Å². The van der Waals surface area contributed by atoms with Crippen LogP contribution in [0.25, 0.3) is 0 Å². The SMILES string of the molecule is CC(C)Cc1cccc(C(C)(O)Cc2ccc(F)cc2)c1. The molecule has 2 aromatic carbocycles. The lowest BCUT2D eigenvalue weighted by Crippen LogP contribution is -2.24. The minimum absolute atomic E-state index is 0.252. The molecule has 2 rings (SSSR count). The van der Waals surface area contributed by atoms with E-state index >= 15 is 0 Å². The van der Waals surface area contributed by atoms with E-state index in [2.05, 4.69) is 26.0 Å². The van der Waals surface area contributed by atoms with Crippen LogP contribution in [0.3, 0.4) is 0 Å². The summed E-state index contributed by atoms with van der Waals surface area (Å²) in [5, 5.41) is 10.8. The highest BCUT2D eigenvalue weighted by Crippen LogP contribution is 2.26. The van der Waals surface area contributed by atoms with Gasteiger partial charge in [-0.1, -0.05) is 50.2 Å². The lowest BCUT2D eigenvalue weighted by molar-refractivity contribution is 0.0575. The summed E-state index contributed by atoms with van der Waals surface area (Å²) < 4.78 is 13.0. The van der Waals surface area contributed by atoms with Crippen LogP contribution < -0.4 is 0 Å². The summed E-state index contributed by atoms with van der Waals surface area (Å²) in [5.74, 6) is 0.333. The monoisotopic (exact) mass is 286 g/mol. The van der Waals surface area contributed by atoms with Crippen LogP contribution in [0.15, 0.2) is 48.5 Å². The van der Waals surface area contributed by atoms with Crippen molar-refractivity contribution in [3.05, 3.63) is 71.0 Å². The Hall–Kier alpha value is -1.67. The van der Waals surface area contributed by atoms with Crippen molar-refractivity contribution in [1.29, 1.82) is 0 Å². The van der Waals surface area contributed by atoms with Crippen molar-refractivity contribution in [3.8, 4) is 0 Å². The molecule has 0 aliphatic carbocycles. The van der Waals surface area contributed by atoms with Gasteiger partial charge in [0.1, 0.15) is 5.82 Å². The zero-order chi connectivity index (χ0) is 15.5. The molecule has 0 aromatic heterocycles. The van der Waals surface area contributed by atoms with Gasteiger partial charge in [0, 0.05) is 6.42 Å². The molecule has 0 aliphatic rings. The average Bonchev–Trinajstić information content (AvgIpc) is 2.41. The van der Waals surface area contributed by atoms with E-state index in [9.17, 15) is 9.50 Å². The predicted molar refractivity (Wildman–Crippen MR) is 84.7 cm³/mol. The largest absolute Gasteiger partial charge is 0.385 e. The summed E-state index contributed by atoms with van der Waals surface area (Å²) in [6.07, 6.45) is 1.47. The maximum absolute atomic E-state index is 13.0. The van der Waals surface area contributed by atoms with Crippen LogP contribution in [0.5, 0.6) is 0 Å². The molecule has 1 N–H and O–H groups in total. The molecule has 0 aliphatic heterocycles. The molecular weight excluding hydrogens is 263 g/mol. The first kappa shape index (κ1) is 15.7. The fourth-order valence-electron chi connectivity index (χ4n) is 2.61. The Kier molecular flexibility index (Phi) is 4.79. The van der Waals surface area contributed by atoms with Gasteiger partial charge in [-0.3, -0.25) is 0 Å². The first-order valence-electron chi connectivity index (χ1n) is 7.43. The summed E-state index contributed by atoms with van der Waals surface area (Å²) in [4.78, 5) is 0. The van der Waals surface area contributed by atoms with Gasteiger partial charge in [-0.05, 0) is 48.1 Å². The van der Waals surface area contributed by atoms with Gasteiger partial charge >= 0.3 is 0 Å². The Balaban J connectivity index is 2.20. The molecule has 21 heavy (non-hydrogen) atoms. The third-order valence-electron chi connectivity index (χ3n) is 3.65. The number of aliphatic hydroxyl groups is 1. The second-order valence-electron chi connectivity index (χ2n) is 6.38. The third kappa shape index (κ3) is 4.40. The zero-order valence-electron chi connectivity index (χ0n) is 12.9. The minimum atomic E-state index is -0.954. The van der Waals surface area contributed by atoms with Crippen LogP contribution in [0.2, 0.25) is 0 Å². The van der Waals surface area contributed by atoms with Crippen molar-refractivity contribution in [3.63, 3.8) is 0 Å². The highest BCUT2D eigenvalue weighted by molar-refractivity contribution is 5.30. The van der Waals surface area contributed by atoms with Gasteiger partial charge in [0.25, 0.3) is 0 Å². The van der Waals surface area contributed by atoms with E-state index in [0.29, 0.717) is 12.3 Å². The number of benzene rings is 2. The van der Waals surface area contributed by atoms with Crippen molar-refractivity contribution in [2.45, 2.75) is 39.2 Å². The van der Waals surface area contributed by atoms with E-state index in [1.54, 1.807) is 12.1 Å². The van der Waals surface area contributed by atoms with Gasteiger partial charge in [0.15, 0.2) is 0 Å². The van der Waals surface area contributed by atoms with Gasteiger partial charge in [-0.15, -0.1) is 0 Å². The van der Waals surface area contributed by atoms with Crippen molar-refractivity contribution < 1.29 is 9.50 Å². The summed E-state index contributed by atoms with van der Waals surface area (Å²) in [6.45, 7) is 6.18. The zero-order valence-corrected chi connectivity index (χ0v) is 12.9. The average molecular weight is 286 g/mol. The molecule has 0 bridgehead atoms. The van der Waals surface area contributed by atoms with Crippen molar-refractivity contribution in [2.24, 2.45) is 5.92 Å². The van der Waals surface area contributed by atoms with Crippen LogP contribution in [-0.4, -0.2) is 5.11 Å². The molecule has 2 heteroatoms. The van der Waals surface area contributed by atoms with Crippen LogP contribution >= 0.6 is 0 Å². The van der Waals surface area contributed by atoms with E-state index in [4.69, 9.17) is 0 Å². The molecule has 0 saturated carbocycles. The van der Waals surface area contributed by atoms with Gasteiger partial charge < -0.3 is 5.11 Å². The third-order valence-corrected chi connectivity index (χ3v) is 3.65. The molecular formula is C19H23FO. The summed E-state index contributed by atoms with van der Waals surface area (Å²) in [6, 6.07) is 14.4. The van der Waals surface area contributed by atoms with E-state index in [-0.39, 0.29) is 5.82 Å². The van der Waals surface area contributed by atoms with Crippen molar-refractivity contribution >= 4 is 0 Å². The molecule has 2 aromatic rings. The summed E-state index contributed by atoms with van der Waals surface area (Å²) in [7, 11) is 0. The smallest absolute Gasteiger partial charge is 0.123 e. The molecule has 1 unspecified atom stereocenters. The van der Waals surface area contributed by atoms with E-state index in [1.807, 2.05) is 19.1 Å². The Morgan fingerprint density at radius 2 is 1.71 bits per heavy atom.